The average Bonchev–Trinajstić information content (AvgIpc) is 2.79. The molecule has 2 heterocycles. The number of anilines is 2. The highest BCUT2D eigenvalue weighted by atomic mass is 32.1. The van der Waals surface area contributed by atoms with Crippen LogP contribution >= 0.6 is 11.5 Å². The average molecular weight is 238 g/mol. The molecule has 0 amide bonds. The molecule has 3 N–H and O–H groups in total. The summed E-state index contributed by atoms with van der Waals surface area (Å²) in [7, 11) is 1.92. The van der Waals surface area contributed by atoms with Crippen LogP contribution in [0.4, 0.5) is 10.8 Å². The van der Waals surface area contributed by atoms with E-state index in [2.05, 4.69) is 19.9 Å². The molecule has 0 aliphatic heterocycles. The minimum absolute atomic E-state index is 0.0750. The number of hydrogen-bond donors (Lipinski definition) is 2. The zero-order valence-electron chi connectivity index (χ0n) is 9.43. The third-order valence-electron chi connectivity index (χ3n) is 2.44. The summed E-state index contributed by atoms with van der Waals surface area (Å²) in [6.45, 7) is 3.98. The molecule has 1 unspecified atom stereocenters. The zero-order valence-corrected chi connectivity index (χ0v) is 10.2. The molecular formula is C9H14N6S. The maximum atomic E-state index is 5.69. The summed E-state index contributed by atoms with van der Waals surface area (Å²) >= 11 is 1.36. The molecule has 2 aromatic rings. The fourth-order valence-electron chi connectivity index (χ4n) is 1.43. The monoisotopic (exact) mass is 238 g/mol. The first-order valence-corrected chi connectivity index (χ1v) is 5.69. The Morgan fingerprint density at radius 3 is 2.81 bits per heavy atom. The van der Waals surface area contributed by atoms with E-state index in [0.717, 1.165) is 16.4 Å². The lowest BCUT2D eigenvalue weighted by Crippen LogP contribution is -2.11. The van der Waals surface area contributed by atoms with Gasteiger partial charge in [0.15, 0.2) is 5.82 Å². The van der Waals surface area contributed by atoms with Crippen molar-refractivity contribution in [1.82, 2.24) is 19.1 Å². The first-order valence-electron chi connectivity index (χ1n) is 4.91. The summed E-state index contributed by atoms with van der Waals surface area (Å²) in [6.07, 6.45) is 1.68. The van der Waals surface area contributed by atoms with Crippen LogP contribution in [-0.4, -0.2) is 19.1 Å². The molecule has 16 heavy (non-hydrogen) atoms. The predicted molar refractivity (Wildman–Crippen MR) is 64.3 cm³/mol. The van der Waals surface area contributed by atoms with Gasteiger partial charge in [-0.15, -0.1) is 10.2 Å². The Balaban J connectivity index is 2.17. The maximum Gasteiger partial charge on any atom is 0.154 e. The van der Waals surface area contributed by atoms with Gasteiger partial charge in [-0.1, -0.05) is 0 Å². The van der Waals surface area contributed by atoms with Crippen molar-refractivity contribution in [3.8, 4) is 0 Å². The van der Waals surface area contributed by atoms with Crippen molar-refractivity contribution in [3.63, 3.8) is 0 Å². The summed E-state index contributed by atoms with van der Waals surface area (Å²) in [6, 6.07) is 0.0750. The fourth-order valence-corrected chi connectivity index (χ4v) is 2.23. The lowest BCUT2D eigenvalue weighted by atomic mass is 10.3. The first kappa shape index (κ1) is 10.9. The van der Waals surface area contributed by atoms with E-state index in [4.69, 9.17) is 5.73 Å². The van der Waals surface area contributed by atoms with E-state index in [1.54, 1.807) is 6.33 Å². The van der Waals surface area contributed by atoms with Crippen molar-refractivity contribution < 1.29 is 0 Å². The molecule has 2 rings (SSSR count). The van der Waals surface area contributed by atoms with Crippen LogP contribution < -0.4 is 11.1 Å². The number of nitrogens with zero attached hydrogens (tertiary/aromatic N) is 4. The smallest absolute Gasteiger partial charge is 0.154 e. The van der Waals surface area contributed by atoms with E-state index in [1.807, 2.05) is 25.5 Å². The molecule has 0 aromatic carbocycles. The Morgan fingerprint density at radius 1 is 1.56 bits per heavy atom. The highest BCUT2D eigenvalue weighted by Crippen LogP contribution is 2.28. The summed E-state index contributed by atoms with van der Waals surface area (Å²) < 4.78 is 5.97. The van der Waals surface area contributed by atoms with E-state index >= 15 is 0 Å². The Kier molecular flexibility index (Phi) is 2.78. The molecule has 0 aliphatic rings. The van der Waals surface area contributed by atoms with Crippen molar-refractivity contribution in [2.24, 2.45) is 7.05 Å². The quantitative estimate of drug-likeness (QED) is 0.843. The van der Waals surface area contributed by atoms with Gasteiger partial charge >= 0.3 is 0 Å². The minimum Gasteiger partial charge on any atom is -0.383 e. The van der Waals surface area contributed by atoms with E-state index in [9.17, 15) is 0 Å². The van der Waals surface area contributed by atoms with Crippen LogP contribution in [0.5, 0.6) is 0 Å². The Morgan fingerprint density at radius 2 is 2.31 bits per heavy atom. The van der Waals surface area contributed by atoms with Gasteiger partial charge < -0.3 is 15.6 Å². The van der Waals surface area contributed by atoms with E-state index in [1.165, 1.54) is 11.5 Å². The van der Waals surface area contributed by atoms with Gasteiger partial charge in [0, 0.05) is 12.6 Å². The van der Waals surface area contributed by atoms with Crippen LogP contribution in [0.25, 0.3) is 0 Å². The van der Waals surface area contributed by atoms with Gasteiger partial charge in [-0.3, -0.25) is 0 Å². The van der Waals surface area contributed by atoms with Gasteiger partial charge in [0.05, 0.1) is 6.04 Å². The van der Waals surface area contributed by atoms with Gasteiger partial charge in [0.1, 0.15) is 17.1 Å². The molecule has 0 spiro atoms. The van der Waals surface area contributed by atoms with Crippen LogP contribution in [0.3, 0.4) is 0 Å². The van der Waals surface area contributed by atoms with Gasteiger partial charge in [-0.2, -0.15) is 4.37 Å². The number of nitrogens with one attached hydrogen (secondary N) is 1. The number of hydrogen-bond acceptors (Lipinski definition) is 6. The van der Waals surface area contributed by atoms with Crippen LogP contribution in [-0.2, 0) is 7.05 Å². The highest BCUT2D eigenvalue weighted by molar-refractivity contribution is 7.10. The third-order valence-corrected chi connectivity index (χ3v) is 3.34. The van der Waals surface area contributed by atoms with Gasteiger partial charge in [0.2, 0.25) is 0 Å². The first-order chi connectivity index (χ1) is 7.59. The Hall–Kier alpha value is -1.63. The van der Waals surface area contributed by atoms with E-state index in [-0.39, 0.29) is 6.04 Å². The Labute approximate surface area is 97.7 Å². The molecule has 0 saturated carbocycles. The van der Waals surface area contributed by atoms with E-state index < -0.39 is 0 Å². The number of aryl methyl sites for hydroxylation is 1. The fraction of sp³-hybridized carbons (Fsp3) is 0.444. The van der Waals surface area contributed by atoms with Crippen LogP contribution in [0.15, 0.2) is 6.33 Å². The third kappa shape index (κ3) is 1.85. The minimum atomic E-state index is 0.0750. The highest BCUT2D eigenvalue weighted by Gasteiger charge is 2.14. The molecule has 86 valence electrons. The summed E-state index contributed by atoms with van der Waals surface area (Å²) in [4.78, 5) is 0. The molecule has 0 radical (unpaired) electrons. The van der Waals surface area contributed by atoms with Crippen molar-refractivity contribution in [1.29, 1.82) is 0 Å². The summed E-state index contributed by atoms with van der Waals surface area (Å²) in [5.74, 6) is 1.46. The number of aromatic nitrogens is 4. The Bertz CT molecular complexity index is 488. The van der Waals surface area contributed by atoms with Gasteiger partial charge in [-0.05, 0) is 25.4 Å². The van der Waals surface area contributed by atoms with Crippen molar-refractivity contribution in [3.05, 3.63) is 17.7 Å². The maximum absolute atomic E-state index is 5.69. The standard InChI is InChI=1S/C9H14N6S/c1-5-7(10)14-16-9(5)12-6(2)8-13-11-4-15(8)3/h4,6,12H,1-3H3,(H2,10,14). The predicted octanol–water partition coefficient (Wildman–Crippen LogP) is 1.34. The topological polar surface area (TPSA) is 81.7 Å². The molecule has 2 aromatic heterocycles. The van der Waals surface area contributed by atoms with Crippen molar-refractivity contribution in [2.45, 2.75) is 19.9 Å². The normalized spacial score (nSPS) is 12.7. The van der Waals surface area contributed by atoms with Crippen molar-refractivity contribution in [2.75, 3.05) is 11.1 Å². The molecular weight excluding hydrogens is 224 g/mol. The number of nitrogen functional groups attached to an aromatic ring is 1. The molecule has 1 atom stereocenters. The van der Waals surface area contributed by atoms with E-state index in [0.29, 0.717) is 5.82 Å². The number of rotatable bonds is 3. The second-order valence-corrected chi connectivity index (χ2v) is 4.46. The molecule has 0 saturated heterocycles. The largest absolute Gasteiger partial charge is 0.383 e. The summed E-state index contributed by atoms with van der Waals surface area (Å²) in [5.41, 5.74) is 6.68. The molecule has 6 nitrogen and oxygen atoms in total. The molecule has 0 bridgehead atoms. The lowest BCUT2D eigenvalue weighted by molar-refractivity contribution is 0.720. The van der Waals surface area contributed by atoms with Gasteiger partial charge in [-0.25, -0.2) is 0 Å². The zero-order chi connectivity index (χ0) is 11.7. The molecule has 0 aliphatic carbocycles. The van der Waals surface area contributed by atoms with Crippen LogP contribution in [0, 0.1) is 6.92 Å². The van der Waals surface area contributed by atoms with Crippen LogP contribution in [0.1, 0.15) is 24.4 Å². The molecule has 0 fully saturated rings. The van der Waals surface area contributed by atoms with Crippen molar-refractivity contribution >= 4 is 22.4 Å². The second kappa shape index (κ2) is 4.09. The lowest BCUT2D eigenvalue weighted by Gasteiger charge is -2.12. The molecule has 7 heteroatoms. The SMILES string of the molecule is Cc1c(N)nsc1NC(C)c1nncn1C. The van der Waals surface area contributed by atoms with Gasteiger partial charge in [0.25, 0.3) is 0 Å². The summed E-state index contributed by atoms with van der Waals surface area (Å²) in [5, 5.41) is 12.2. The number of nitrogens with two attached hydrogens (primary N) is 1. The van der Waals surface area contributed by atoms with Crippen LogP contribution in [0.2, 0.25) is 0 Å². The second-order valence-electron chi connectivity index (χ2n) is 3.69.